The molecule has 1 amide bonds. The Morgan fingerprint density at radius 2 is 1.75 bits per heavy atom. The SMILES string of the molecule is NC=O.[Mg+2]. The van der Waals surface area contributed by atoms with Crippen LogP contribution in [0.5, 0.6) is 0 Å². The maximum atomic E-state index is 8.58. The third-order valence-corrected chi connectivity index (χ3v) is 0. The first kappa shape index (κ1) is 8.87. The van der Waals surface area contributed by atoms with E-state index in [1.807, 2.05) is 0 Å². The number of amides is 1. The summed E-state index contributed by atoms with van der Waals surface area (Å²) in [7, 11) is 0. The maximum Gasteiger partial charge on any atom is 2.00 e. The number of carbonyl (C=O) groups excluding carboxylic acids is 1. The fourth-order valence-corrected chi connectivity index (χ4v) is 0. The summed E-state index contributed by atoms with van der Waals surface area (Å²) < 4.78 is 0. The van der Waals surface area contributed by atoms with Gasteiger partial charge in [-0.25, -0.2) is 0 Å². The van der Waals surface area contributed by atoms with Crippen LogP contribution in [0.4, 0.5) is 0 Å². The minimum absolute atomic E-state index is 0. The first-order chi connectivity index (χ1) is 1.41. The van der Waals surface area contributed by atoms with Crippen molar-refractivity contribution in [2.24, 2.45) is 5.73 Å². The fraction of sp³-hybridized carbons (Fsp3) is 0. The molecule has 0 aromatic carbocycles. The molecule has 0 aliphatic carbocycles. The Morgan fingerprint density at radius 3 is 1.75 bits per heavy atom. The molecule has 2 nitrogen and oxygen atoms in total. The predicted octanol–water partition coefficient (Wildman–Crippen LogP) is -1.28. The van der Waals surface area contributed by atoms with Crippen LogP contribution >= 0.6 is 0 Å². The van der Waals surface area contributed by atoms with Crippen molar-refractivity contribution in [3.05, 3.63) is 0 Å². The van der Waals surface area contributed by atoms with Crippen LogP contribution < -0.4 is 5.73 Å². The van der Waals surface area contributed by atoms with Gasteiger partial charge < -0.3 is 5.73 Å². The molecular formula is CH3MgNO+2. The molecule has 0 radical (unpaired) electrons. The zero-order chi connectivity index (χ0) is 2.71. The molecule has 0 rings (SSSR count). The van der Waals surface area contributed by atoms with E-state index in [9.17, 15) is 0 Å². The van der Waals surface area contributed by atoms with Gasteiger partial charge in [0.05, 0.1) is 0 Å². The number of nitrogens with two attached hydrogens (primary N) is 1. The molecule has 0 saturated heterocycles. The Labute approximate surface area is 40.5 Å². The molecule has 0 heterocycles. The molecule has 0 bridgehead atoms. The summed E-state index contributed by atoms with van der Waals surface area (Å²) >= 11 is 0. The van der Waals surface area contributed by atoms with Crippen LogP contribution in [-0.4, -0.2) is 29.5 Å². The summed E-state index contributed by atoms with van der Waals surface area (Å²) in [4.78, 5) is 8.58. The van der Waals surface area contributed by atoms with Gasteiger partial charge in [0, 0.05) is 0 Å². The average molecular weight is 69.3 g/mol. The summed E-state index contributed by atoms with van der Waals surface area (Å²) in [6.45, 7) is 0. The summed E-state index contributed by atoms with van der Waals surface area (Å²) in [5, 5.41) is 0. The van der Waals surface area contributed by atoms with E-state index in [4.69, 9.17) is 4.79 Å². The zero-order valence-electron chi connectivity index (χ0n) is 2.27. The number of primary amides is 1. The third kappa shape index (κ3) is 61.2. The first-order valence-electron chi connectivity index (χ1n) is 0.569. The van der Waals surface area contributed by atoms with Crippen LogP contribution in [0.25, 0.3) is 0 Å². The van der Waals surface area contributed by atoms with Crippen LogP contribution in [0.1, 0.15) is 0 Å². The van der Waals surface area contributed by atoms with Crippen molar-refractivity contribution in [3.63, 3.8) is 0 Å². The van der Waals surface area contributed by atoms with Gasteiger partial charge >= 0.3 is 23.1 Å². The van der Waals surface area contributed by atoms with Crippen LogP contribution in [0.2, 0.25) is 0 Å². The molecule has 0 fully saturated rings. The largest absolute Gasteiger partial charge is 2.00 e. The Bertz CT molecular complexity index is 15.5. The van der Waals surface area contributed by atoms with Crippen molar-refractivity contribution in [1.29, 1.82) is 0 Å². The normalized spacial score (nSPS) is 3.00. The van der Waals surface area contributed by atoms with Crippen LogP contribution in [0, 0.1) is 0 Å². The molecule has 0 saturated carbocycles. The summed E-state index contributed by atoms with van der Waals surface area (Å²) in [5.41, 5.74) is 4.17. The smallest absolute Gasteiger partial charge is 0.372 e. The van der Waals surface area contributed by atoms with Gasteiger partial charge in [-0.15, -0.1) is 0 Å². The molecular weight excluding hydrogens is 66.3 g/mol. The maximum absolute atomic E-state index is 8.58. The Kier molecular flexibility index (Phi) is 23.5. The summed E-state index contributed by atoms with van der Waals surface area (Å²) in [5.74, 6) is 0. The minimum atomic E-state index is 0. The van der Waals surface area contributed by atoms with Gasteiger partial charge in [0.2, 0.25) is 6.41 Å². The van der Waals surface area contributed by atoms with Gasteiger partial charge in [-0.3, -0.25) is 4.79 Å². The second kappa shape index (κ2) is 10.6. The van der Waals surface area contributed by atoms with Gasteiger partial charge in [0.25, 0.3) is 0 Å². The van der Waals surface area contributed by atoms with Gasteiger partial charge in [-0.1, -0.05) is 0 Å². The van der Waals surface area contributed by atoms with E-state index in [1.165, 1.54) is 0 Å². The first-order valence-corrected chi connectivity index (χ1v) is 0.569. The fourth-order valence-electron chi connectivity index (χ4n) is 0. The monoisotopic (exact) mass is 69.0 g/mol. The minimum Gasteiger partial charge on any atom is -0.372 e. The molecule has 0 aliphatic rings. The molecule has 0 atom stereocenters. The molecule has 2 N–H and O–H groups in total. The molecule has 0 aromatic rings. The Morgan fingerprint density at radius 1 is 1.75 bits per heavy atom. The standard InChI is InChI=1S/CH3NO.Mg/c2-1-3;/h1H,(H2,2,3);/q;+2. The molecule has 3 heteroatoms. The van der Waals surface area contributed by atoms with E-state index in [2.05, 4.69) is 5.73 Å². The van der Waals surface area contributed by atoms with Crippen molar-refractivity contribution in [2.45, 2.75) is 0 Å². The van der Waals surface area contributed by atoms with E-state index < -0.39 is 0 Å². The van der Waals surface area contributed by atoms with E-state index in [-0.39, 0.29) is 29.5 Å². The topological polar surface area (TPSA) is 43.1 Å². The molecule has 18 valence electrons. The Balaban J connectivity index is 0. The van der Waals surface area contributed by atoms with Gasteiger partial charge in [0.15, 0.2) is 0 Å². The average Bonchev–Trinajstić information content (AvgIpc) is 0.918. The predicted molar refractivity (Wildman–Crippen MR) is 16.0 cm³/mol. The van der Waals surface area contributed by atoms with Crippen molar-refractivity contribution in [3.8, 4) is 0 Å². The number of hydrogen-bond acceptors (Lipinski definition) is 1. The van der Waals surface area contributed by atoms with Gasteiger partial charge in [0.1, 0.15) is 0 Å². The van der Waals surface area contributed by atoms with Crippen LogP contribution in [0.3, 0.4) is 0 Å². The molecule has 0 aromatic heterocycles. The quantitative estimate of drug-likeness (QED) is 0.279. The number of hydrogen-bond donors (Lipinski definition) is 1. The van der Waals surface area contributed by atoms with Crippen molar-refractivity contribution in [2.75, 3.05) is 0 Å². The van der Waals surface area contributed by atoms with Crippen LogP contribution in [-0.2, 0) is 4.79 Å². The molecule has 0 aliphatic heterocycles. The van der Waals surface area contributed by atoms with E-state index >= 15 is 0 Å². The third-order valence-electron chi connectivity index (χ3n) is 0. The Hall–Kier alpha value is 0.236. The number of rotatable bonds is 0. The molecule has 0 unspecified atom stereocenters. The van der Waals surface area contributed by atoms with E-state index in [1.54, 1.807) is 0 Å². The second-order valence-electron chi connectivity index (χ2n) is 0.136. The second-order valence-corrected chi connectivity index (χ2v) is 0.136. The van der Waals surface area contributed by atoms with E-state index in [0.29, 0.717) is 0 Å². The van der Waals surface area contributed by atoms with E-state index in [0.717, 1.165) is 0 Å². The van der Waals surface area contributed by atoms with Crippen LogP contribution in [0.15, 0.2) is 0 Å². The summed E-state index contributed by atoms with van der Waals surface area (Å²) in [6.07, 6.45) is 0.250. The van der Waals surface area contributed by atoms with Crippen molar-refractivity contribution in [1.82, 2.24) is 0 Å². The zero-order valence-corrected chi connectivity index (χ0v) is 3.68. The van der Waals surface area contributed by atoms with Crippen molar-refractivity contribution >= 4 is 29.5 Å². The van der Waals surface area contributed by atoms with Gasteiger partial charge in [-0.2, -0.15) is 0 Å². The van der Waals surface area contributed by atoms with Crippen molar-refractivity contribution < 1.29 is 4.79 Å². The number of carbonyl (C=O) groups is 1. The molecule has 0 spiro atoms. The molecule has 4 heavy (non-hydrogen) atoms. The summed E-state index contributed by atoms with van der Waals surface area (Å²) in [6, 6.07) is 0. The van der Waals surface area contributed by atoms with Gasteiger partial charge in [-0.05, 0) is 0 Å².